The number of carbonyl (C=O) groups is 1. The first kappa shape index (κ1) is 12.2. The summed E-state index contributed by atoms with van der Waals surface area (Å²) in [5.41, 5.74) is 3.19. The zero-order valence-corrected chi connectivity index (χ0v) is 10.2. The molecule has 0 radical (unpaired) electrons. The van der Waals surface area contributed by atoms with Crippen molar-refractivity contribution in [3.05, 3.63) is 59.2 Å². The Morgan fingerprint density at radius 3 is 2.61 bits per heavy atom. The first-order valence-electron chi connectivity index (χ1n) is 5.56. The summed E-state index contributed by atoms with van der Waals surface area (Å²) >= 11 is 0. The van der Waals surface area contributed by atoms with E-state index in [2.05, 4.69) is 10.3 Å². The molecule has 1 amide bonds. The fourth-order valence-electron chi connectivity index (χ4n) is 1.57. The van der Waals surface area contributed by atoms with Crippen LogP contribution in [0, 0.1) is 19.8 Å². The lowest BCUT2D eigenvalue weighted by molar-refractivity contribution is 0.102. The van der Waals surface area contributed by atoms with E-state index >= 15 is 0 Å². The number of nitrogens with one attached hydrogen (secondary N) is 1. The SMILES string of the molecule is Cc1ccc(NC(=O)c2ccnc(F)c2)cc1C. The second-order valence-corrected chi connectivity index (χ2v) is 4.12. The minimum Gasteiger partial charge on any atom is -0.322 e. The number of amides is 1. The summed E-state index contributed by atoms with van der Waals surface area (Å²) in [5.74, 6) is -1.01. The number of rotatable bonds is 2. The van der Waals surface area contributed by atoms with Crippen molar-refractivity contribution in [1.29, 1.82) is 0 Å². The van der Waals surface area contributed by atoms with Crippen LogP contribution in [0.2, 0.25) is 0 Å². The Labute approximate surface area is 105 Å². The number of aromatic nitrogens is 1. The molecule has 1 N–H and O–H groups in total. The highest BCUT2D eigenvalue weighted by Crippen LogP contribution is 2.15. The van der Waals surface area contributed by atoms with Crippen molar-refractivity contribution in [3.63, 3.8) is 0 Å². The van der Waals surface area contributed by atoms with Gasteiger partial charge in [-0.3, -0.25) is 4.79 Å². The normalized spacial score (nSPS) is 10.2. The maximum absolute atomic E-state index is 12.9. The predicted octanol–water partition coefficient (Wildman–Crippen LogP) is 3.09. The molecule has 92 valence electrons. The smallest absolute Gasteiger partial charge is 0.255 e. The molecule has 0 fully saturated rings. The summed E-state index contributed by atoms with van der Waals surface area (Å²) in [6, 6.07) is 8.20. The second kappa shape index (κ2) is 4.96. The molecule has 1 aromatic carbocycles. The Balaban J connectivity index is 2.18. The van der Waals surface area contributed by atoms with Crippen LogP contribution in [0.4, 0.5) is 10.1 Å². The maximum atomic E-state index is 12.9. The van der Waals surface area contributed by atoms with E-state index in [-0.39, 0.29) is 11.5 Å². The minimum absolute atomic E-state index is 0.251. The Morgan fingerprint density at radius 2 is 1.94 bits per heavy atom. The van der Waals surface area contributed by atoms with Crippen LogP contribution in [-0.2, 0) is 0 Å². The molecule has 0 aliphatic carbocycles. The van der Waals surface area contributed by atoms with Crippen molar-refractivity contribution in [2.75, 3.05) is 5.32 Å². The average Bonchev–Trinajstić information content (AvgIpc) is 2.34. The van der Waals surface area contributed by atoms with Crippen LogP contribution < -0.4 is 5.32 Å². The standard InChI is InChI=1S/C14H13FN2O/c1-9-3-4-12(7-10(9)2)17-14(18)11-5-6-16-13(15)8-11/h3-8H,1-2H3,(H,17,18). The third kappa shape index (κ3) is 2.71. The van der Waals surface area contributed by atoms with Gasteiger partial charge in [0.05, 0.1) is 0 Å². The third-order valence-electron chi connectivity index (χ3n) is 2.75. The molecule has 0 bridgehead atoms. The summed E-state index contributed by atoms with van der Waals surface area (Å²) in [4.78, 5) is 15.3. The number of hydrogen-bond donors (Lipinski definition) is 1. The lowest BCUT2D eigenvalue weighted by Crippen LogP contribution is -2.12. The summed E-state index contributed by atoms with van der Waals surface area (Å²) in [5, 5.41) is 2.72. The van der Waals surface area contributed by atoms with Crippen LogP contribution in [0.15, 0.2) is 36.5 Å². The lowest BCUT2D eigenvalue weighted by Gasteiger charge is -2.07. The quantitative estimate of drug-likeness (QED) is 0.825. The van der Waals surface area contributed by atoms with E-state index in [1.807, 2.05) is 32.0 Å². The van der Waals surface area contributed by atoms with Gasteiger partial charge in [-0.05, 0) is 43.2 Å². The Hall–Kier alpha value is -2.23. The van der Waals surface area contributed by atoms with Gasteiger partial charge in [0.1, 0.15) is 0 Å². The zero-order valence-electron chi connectivity index (χ0n) is 10.2. The van der Waals surface area contributed by atoms with Crippen LogP contribution in [0.25, 0.3) is 0 Å². The van der Waals surface area contributed by atoms with Crippen LogP contribution >= 0.6 is 0 Å². The van der Waals surface area contributed by atoms with Crippen LogP contribution in [0.3, 0.4) is 0 Å². The van der Waals surface area contributed by atoms with Gasteiger partial charge in [-0.2, -0.15) is 4.39 Å². The molecular weight excluding hydrogens is 231 g/mol. The molecule has 4 heteroatoms. The van der Waals surface area contributed by atoms with Crippen molar-refractivity contribution in [3.8, 4) is 0 Å². The van der Waals surface area contributed by atoms with Crippen LogP contribution in [-0.4, -0.2) is 10.9 Å². The van der Waals surface area contributed by atoms with E-state index < -0.39 is 5.95 Å². The summed E-state index contributed by atoms with van der Waals surface area (Å²) in [6.07, 6.45) is 1.27. The van der Waals surface area contributed by atoms with Gasteiger partial charge in [-0.25, -0.2) is 4.98 Å². The molecule has 0 spiro atoms. The molecule has 0 aliphatic heterocycles. The first-order chi connectivity index (χ1) is 8.56. The van der Waals surface area contributed by atoms with Gasteiger partial charge in [0.25, 0.3) is 5.91 Å². The van der Waals surface area contributed by atoms with Crippen LogP contribution in [0.1, 0.15) is 21.5 Å². The number of anilines is 1. The molecule has 1 heterocycles. The van der Waals surface area contributed by atoms with Gasteiger partial charge in [0.15, 0.2) is 0 Å². The topological polar surface area (TPSA) is 42.0 Å². The van der Waals surface area contributed by atoms with Gasteiger partial charge in [-0.1, -0.05) is 6.07 Å². The number of aryl methyl sites for hydroxylation is 2. The average molecular weight is 244 g/mol. The molecule has 2 aromatic rings. The van der Waals surface area contributed by atoms with E-state index in [0.29, 0.717) is 5.69 Å². The molecule has 0 unspecified atom stereocenters. The Kier molecular flexibility index (Phi) is 3.37. The third-order valence-corrected chi connectivity index (χ3v) is 2.75. The molecule has 0 atom stereocenters. The highest BCUT2D eigenvalue weighted by molar-refractivity contribution is 6.04. The van der Waals surface area contributed by atoms with Crippen molar-refractivity contribution in [2.45, 2.75) is 13.8 Å². The Morgan fingerprint density at radius 1 is 1.17 bits per heavy atom. The predicted molar refractivity (Wildman–Crippen MR) is 68.1 cm³/mol. The minimum atomic E-state index is -0.664. The van der Waals surface area contributed by atoms with Crippen molar-refractivity contribution in [2.24, 2.45) is 0 Å². The number of halogens is 1. The monoisotopic (exact) mass is 244 g/mol. The summed E-state index contributed by atoms with van der Waals surface area (Å²) < 4.78 is 12.9. The molecule has 1 aromatic heterocycles. The second-order valence-electron chi connectivity index (χ2n) is 4.12. The molecule has 0 saturated carbocycles. The molecule has 0 aliphatic rings. The first-order valence-corrected chi connectivity index (χ1v) is 5.56. The number of hydrogen-bond acceptors (Lipinski definition) is 2. The fraction of sp³-hybridized carbons (Fsp3) is 0.143. The van der Waals surface area contributed by atoms with Gasteiger partial charge in [-0.15, -0.1) is 0 Å². The maximum Gasteiger partial charge on any atom is 0.255 e. The summed E-state index contributed by atoms with van der Waals surface area (Å²) in [6.45, 7) is 3.97. The van der Waals surface area contributed by atoms with Gasteiger partial charge in [0.2, 0.25) is 5.95 Å². The largest absolute Gasteiger partial charge is 0.322 e. The van der Waals surface area contributed by atoms with Crippen molar-refractivity contribution >= 4 is 11.6 Å². The molecule has 3 nitrogen and oxygen atoms in total. The van der Waals surface area contributed by atoms with E-state index in [1.54, 1.807) is 0 Å². The molecule has 0 saturated heterocycles. The fourth-order valence-corrected chi connectivity index (χ4v) is 1.57. The van der Waals surface area contributed by atoms with E-state index in [4.69, 9.17) is 0 Å². The molecular formula is C14H13FN2O. The number of benzene rings is 1. The van der Waals surface area contributed by atoms with Gasteiger partial charge in [0, 0.05) is 23.5 Å². The molecule has 2 rings (SSSR count). The number of nitrogens with zero attached hydrogens (tertiary/aromatic N) is 1. The lowest BCUT2D eigenvalue weighted by atomic mass is 10.1. The molecule has 18 heavy (non-hydrogen) atoms. The number of pyridine rings is 1. The van der Waals surface area contributed by atoms with Gasteiger partial charge < -0.3 is 5.32 Å². The Bertz CT molecular complexity index is 596. The van der Waals surface area contributed by atoms with Crippen LogP contribution in [0.5, 0.6) is 0 Å². The number of carbonyl (C=O) groups excluding carboxylic acids is 1. The van der Waals surface area contributed by atoms with E-state index in [1.165, 1.54) is 12.3 Å². The van der Waals surface area contributed by atoms with E-state index in [9.17, 15) is 9.18 Å². The summed E-state index contributed by atoms with van der Waals surface area (Å²) in [7, 11) is 0. The highest BCUT2D eigenvalue weighted by atomic mass is 19.1. The highest BCUT2D eigenvalue weighted by Gasteiger charge is 2.07. The van der Waals surface area contributed by atoms with E-state index in [0.717, 1.165) is 17.2 Å². The zero-order chi connectivity index (χ0) is 13.1. The van der Waals surface area contributed by atoms with Crippen molar-refractivity contribution < 1.29 is 9.18 Å². The van der Waals surface area contributed by atoms with Crippen molar-refractivity contribution in [1.82, 2.24) is 4.98 Å². The van der Waals surface area contributed by atoms with Gasteiger partial charge >= 0.3 is 0 Å².